The molecule has 0 fully saturated rings. The molecule has 2 amide bonds. The highest BCUT2D eigenvalue weighted by Crippen LogP contribution is 2.18. The lowest BCUT2D eigenvalue weighted by atomic mass is 10.2. The predicted octanol–water partition coefficient (Wildman–Crippen LogP) is 0.744. The van der Waals surface area contributed by atoms with Crippen molar-refractivity contribution < 1.29 is 23.5 Å². The molecule has 0 saturated carbocycles. The van der Waals surface area contributed by atoms with Crippen LogP contribution in [0.15, 0.2) is 34.7 Å². The number of ether oxygens (including phenoxy) is 1. The molecule has 0 aliphatic rings. The highest BCUT2D eigenvalue weighted by Gasteiger charge is 2.13. The summed E-state index contributed by atoms with van der Waals surface area (Å²) in [6, 6.07) is 8.97. The lowest BCUT2D eigenvalue weighted by Gasteiger charge is -2.04. The fraction of sp³-hybridized carbons (Fsp3) is 0.267. The number of anilines is 1. The number of hydrogen-bond acceptors (Lipinski definition) is 7. The maximum Gasteiger partial charge on any atom is 0.322 e. The van der Waals surface area contributed by atoms with E-state index in [1.165, 1.54) is 6.92 Å². The average Bonchev–Trinajstić information content (AvgIpc) is 3.02. The summed E-state index contributed by atoms with van der Waals surface area (Å²) in [5, 5.41) is 12.3. The summed E-state index contributed by atoms with van der Waals surface area (Å²) in [6.45, 7) is 1.01. The van der Waals surface area contributed by atoms with E-state index in [-0.39, 0.29) is 30.8 Å². The van der Waals surface area contributed by atoms with Crippen LogP contribution in [0.2, 0.25) is 0 Å². The third-order valence-corrected chi connectivity index (χ3v) is 2.76. The van der Waals surface area contributed by atoms with E-state index in [0.717, 1.165) is 5.56 Å². The van der Waals surface area contributed by atoms with Gasteiger partial charge < -0.3 is 14.5 Å². The van der Waals surface area contributed by atoms with Gasteiger partial charge in [-0.1, -0.05) is 23.3 Å². The SMILES string of the molecule is CC(=O)NCCC(=O)OCC(=O)Nc1nnc(-c2ccccc2)o1. The minimum absolute atomic E-state index is 0.0222. The molecule has 1 aromatic carbocycles. The van der Waals surface area contributed by atoms with Gasteiger partial charge in [-0.25, -0.2) is 0 Å². The molecule has 1 aromatic heterocycles. The molecular formula is C15H16N4O5. The van der Waals surface area contributed by atoms with Gasteiger partial charge in [0.15, 0.2) is 6.61 Å². The standard InChI is InChI=1S/C15H16N4O5/c1-10(20)16-8-7-13(22)23-9-12(21)17-15-19-18-14(24-15)11-5-3-2-4-6-11/h2-6H,7-9H2,1H3,(H,16,20)(H,17,19,21). The second kappa shape index (κ2) is 8.42. The van der Waals surface area contributed by atoms with Crippen molar-refractivity contribution in [3.05, 3.63) is 30.3 Å². The highest BCUT2D eigenvalue weighted by molar-refractivity contribution is 5.91. The molecule has 9 nitrogen and oxygen atoms in total. The van der Waals surface area contributed by atoms with E-state index < -0.39 is 18.5 Å². The van der Waals surface area contributed by atoms with Gasteiger partial charge in [0.05, 0.1) is 6.42 Å². The maximum atomic E-state index is 11.7. The quantitative estimate of drug-likeness (QED) is 0.717. The van der Waals surface area contributed by atoms with Crippen LogP contribution in [0, 0.1) is 0 Å². The summed E-state index contributed by atoms with van der Waals surface area (Å²) in [6.07, 6.45) is -0.0222. The summed E-state index contributed by atoms with van der Waals surface area (Å²) in [4.78, 5) is 33.7. The van der Waals surface area contributed by atoms with Gasteiger partial charge >= 0.3 is 12.0 Å². The van der Waals surface area contributed by atoms with Crippen molar-refractivity contribution in [2.24, 2.45) is 0 Å². The fourth-order valence-electron chi connectivity index (χ4n) is 1.69. The van der Waals surface area contributed by atoms with Crippen molar-refractivity contribution in [3.8, 4) is 11.5 Å². The monoisotopic (exact) mass is 332 g/mol. The molecule has 0 bridgehead atoms. The summed E-state index contributed by atoms with van der Waals surface area (Å²) < 4.78 is 10.1. The molecule has 1 heterocycles. The minimum atomic E-state index is -0.605. The molecular weight excluding hydrogens is 316 g/mol. The topological polar surface area (TPSA) is 123 Å². The molecule has 126 valence electrons. The number of aromatic nitrogens is 2. The zero-order valence-electron chi connectivity index (χ0n) is 12.9. The number of hydrogen-bond donors (Lipinski definition) is 2. The number of carbonyl (C=O) groups is 3. The zero-order valence-corrected chi connectivity index (χ0v) is 12.9. The Morgan fingerprint density at radius 1 is 1.17 bits per heavy atom. The third-order valence-electron chi connectivity index (χ3n) is 2.76. The molecule has 24 heavy (non-hydrogen) atoms. The molecule has 0 radical (unpaired) electrons. The Hall–Kier alpha value is -3.23. The molecule has 0 saturated heterocycles. The van der Waals surface area contributed by atoms with E-state index in [9.17, 15) is 14.4 Å². The maximum absolute atomic E-state index is 11.7. The Balaban J connectivity index is 1.76. The second-order valence-electron chi connectivity index (χ2n) is 4.72. The van der Waals surface area contributed by atoms with Crippen LogP contribution in [-0.4, -0.2) is 41.1 Å². The van der Waals surface area contributed by atoms with E-state index in [1.807, 2.05) is 18.2 Å². The molecule has 0 spiro atoms. The smallest absolute Gasteiger partial charge is 0.322 e. The fourth-order valence-corrected chi connectivity index (χ4v) is 1.69. The van der Waals surface area contributed by atoms with Gasteiger partial charge in [-0.3, -0.25) is 19.7 Å². The molecule has 0 unspecified atom stereocenters. The van der Waals surface area contributed by atoms with E-state index in [1.54, 1.807) is 12.1 Å². The molecule has 2 aromatic rings. The van der Waals surface area contributed by atoms with Crippen molar-refractivity contribution in [1.29, 1.82) is 0 Å². The van der Waals surface area contributed by atoms with Crippen molar-refractivity contribution in [2.75, 3.05) is 18.5 Å². The van der Waals surface area contributed by atoms with Gasteiger partial charge in [0.1, 0.15) is 0 Å². The van der Waals surface area contributed by atoms with Crippen LogP contribution < -0.4 is 10.6 Å². The number of carbonyl (C=O) groups excluding carboxylic acids is 3. The van der Waals surface area contributed by atoms with Crippen LogP contribution in [0.3, 0.4) is 0 Å². The van der Waals surface area contributed by atoms with Crippen LogP contribution >= 0.6 is 0 Å². The van der Waals surface area contributed by atoms with Crippen LogP contribution in [0.5, 0.6) is 0 Å². The van der Waals surface area contributed by atoms with Gasteiger partial charge in [0, 0.05) is 19.0 Å². The van der Waals surface area contributed by atoms with Crippen molar-refractivity contribution in [1.82, 2.24) is 15.5 Å². The number of nitrogens with zero attached hydrogens (tertiary/aromatic N) is 2. The summed E-state index contributed by atoms with van der Waals surface area (Å²) >= 11 is 0. The van der Waals surface area contributed by atoms with Crippen molar-refractivity contribution in [2.45, 2.75) is 13.3 Å². The lowest BCUT2D eigenvalue weighted by molar-refractivity contribution is -0.147. The largest absolute Gasteiger partial charge is 0.456 e. The van der Waals surface area contributed by atoms with E-state index in [4.69, 9.17) is 9.15 Å². The van der Waals surface area contributed by atoms with Gasteiger partial charge in [-0.15, -0.1) is 5.10 Å². The molecule has 2 N–H and O–H groups in total. The summed E-state index contributed by atoms with van der Waals surface area (Å²) in [5.41, 5.74) is 0.717. The lowest BCUT2D eigenvalue weighted by Crippen LogP contribution is -2.25. The third kappa shape index (κ3) is 5.52. The molecule has 2 rings (SSSR count). The second-order valence-corrected chi connectivity index (χ2v) is 4.72. The summed E-state index contributed by atoms with van der Waals surface area (Å²) in [7, 11) is 0. The number of amides is 2. The van der Waals surface area contributed by atoms with Crippen LogP contribution in [0.4, 0.5) is 6.01 Å². The van der Waals surface area contributed by atoms with Crippen molar-refractivity contribution in [3.63, 3.8) is 0 Å². The van der Waals surface area contributed by atoms with E-state index >= 15 is 0 Å². The van der Waals surface area contributed by atoms with Crippen LogP contribution in [0.1, 0.15) is 13.3 Å². The Kier molecular flexibility index (Phi) is 6.01. The molecule has 0 aliphatic heterocycles. The Morgan fingerprint density at radius 2 is 1.92 bits per heavy atom. The molecule has 0 aliphatic carbocycles. The zero-order chi connectivity index (χ0) is 17.4. The first-order valence-electron chi connectivity index (χ1n) is 7.13. The van der Waals surface area contributed by atoms with Gasteiger partial charge in [0.25, 0.3) is 5.91 Å². The normalized spacial score (nSPS) is 10.0. The summed E-state index contributed by atoms with van der Waals surface area (Å²) in [5.74, 6) is -1.19. The first-order chi connectivity index (χ1) is 11.5. The van der Waals surface area contributed by atoms with Crippen molar-refractivity contribution >= 4 is 23.8 Å². The van der Waals surface area contributed by atoms with Gasteiger partial charge in [-0.2, -0.15) is 0 Å². The number of esters is 1. The Morgan fingerprint density at radius 3 is 2.62 bits per heavy atom. The number of rotatable bonds is 7. The van der Waals surface area contributed by atoms with Crippen LogP contribution in [0.25, 0.3) is 11.5 Å². The van der Waals surface area contributed by atoms with Crippen LogP contribution in [-0.2, 0) is 19.1 Å². The first-order valence-corrected chi connectivity index (χ1v) is 7.13. The minimum Gasteiger partial charge on any atom is -0.456 e. The molecule has 0 atom stereocenters. The first kappa shape index (κ1) is 17.1. The highest BCUT2D eigenvalue weighted by atomic mass is 16.5. The number of benzene rings is 1. The van der Waals surface area contributed by atoms with E-state index in [0.29, 0.717) is 0 Å². The molecule has 9 heteroatoms. The Bertz CT molecular complexity index is 714. The van der Waals surface area contributed by atoms with E-state index in [2.05, 4.69) is 20.8 Å². The predicted molar refractivity (Wildman–Crippen MR) is 82.6 cm³/mol. The Labute approximate surface area is 137 Å². The number of nitrogens with one attached hydrogen (secondary N) is 2. The van der Waals surface area contributed by atoms with Gasteiger partial charge in [0.2, 0.25) is 11.8 Å². The average molecular weight is 332 g/mol. The van der Waals surface area contributed by atoms with Gasteiger partial charge in [-0.05, 0) is 12.1 Å².